The lowest BCUT2D eigenvalue weighted by Crippen LogP contribution is -2.16. The summed E-state index contributed by atoms with van der Waals surface area (Å²) in [4.78, 5) is 4.80. The van der Waals surface area contributed by atoms with Gasteiger partial charge >= 0.3 is 0 Å². The second kappa shape index (κ2) is 4.86. The lowest BCUT2D eigenvalue weighted by Gasteiger charge is -2.28. The molecule has 96 valence electrons. The van der Waals surface area contributed by atoms with Crippen LogP contribution in [0.3, 0.4) is 0 Å². The zero-order chi connectivity index (χ0) is 12.7. The van der Waals surface area contributed by atoms with Gasteiger partial charge in [-0.3, -0.25) is 4.40 Å². The van der Waals surface area contributed by atoms with Crippen LogP contribution in [0, 0.1) is 5.92 Å². The number of hydrogen-bond donors (Lipinski definition) is 0. The smallest absolute Gasteiger partial charge is 0.152 e. The highest BCUT2D eigenvalue weighted by atomic mass is 79.9. The van der Waals surface area contributed by atoms with E-state index in [1.54, 1.807) is 0 Å². The monoisotopic (exact) mass is 326 g/mol. The Morgan fingerprint density at radius 1 is 1.39 bits per heavy atom. The predicted octanol–water partition coefficient (Wildman–Crippen LogP) is 5.04. The van der Waals surface area contributed by atoms with Gasteiger partial charge in [-0.25, -0.2) is 4.98 Å². The van der Waals surface area contributed by atoms with Crippen molar-refractivity contribution in [3.05, 3.63) is 33.6 Å². The fraction of sp³-hybridized carbons (Fsp3) is 0.500. The predicted molar refractivity (Wildman–Crippen MR) is 78.3 cm³/mol. The number of nitrogens with zero attached hydrogens (tertiary/aromatic N) is 2. The van der Waals surface area contributed by atoms with Crippen LogP contribution in [-0.4, -0.2) is 9.38 Å². The highest BCUT2D eigenvalue weighted by molar-refractivity contribution is 9.10. The second-order valence-electron chi connectivity index (χ2n) is 5.23. The summed E-state index contributed by atoms with van der Waals surface area (Å²) in [7, 11) is 0. The van der Waals surface area contributed by atoms with Crippen LogP contribution >= 0.6 is 27.5 Å². The lowest BCUT2D eigenvalue weighted by molar-refractivity contribution is 0.325. The molecule has 2 unspecified atom stereocenters. The van der Waals surface area contributed by atoms with Crippen molar-refractivity contribution < 1.29 is 0 Å². The molecule has 0 radical (unpaired) electrons. The Kier molecular flexibility index (Phi) is 3.37. The van der Waals surface area contributed by atoms with Crippen molar-refractivity contribution in [1.29, 1.82) is 0 Å². The molecule has 0 bridgehead atoms. The van der Waals surface area contributed by atoms with Gasteiger partial charge in [-0.1, -0.05) is 37.8 Å². The second-order valence-corrected chi connectivity index (χ2v) is 6.47. The number of aromatic nitrogens is 2. The Labute approximate surface area is 120 Å². The summed E-state index contributed by atoms with van der Waals surface area (Å²) in [6.07, 6.45) is 7.14. The summed E-state index contributed by atoms with van der Waals surface area (Å²) in [6, 6.07) is 4.02. The number of fused-ring (bicyclic) bond motifs is 1. The van der Waals surface area contributed by atoms with Crippen LogP contribution in [0.25, 0.3) is 5.65 Å². The molecule has 0 saturated heterocycles. The Hall–Kier alpha value is -0.540. The maximum atomic E-state index is 6.34. The molecular weight excluding hydrogens is 312 g/mol. The van der Waals surface area contributed by atoms with E-state index in [9.17, 15) is 0 Å². The van der Waals surface area contributed by atoms with E-state index in [4.69, 9.17) is 16.6 Å². The quantitative estimate of drug-likeness (QED) is 0.670. The van der Waals surface area contributed by atoms with Gasteiger partial charge in [0.1, 0.15) is 5.15 Å². The fourth-order valence-electron chi connectivity index (χ4n) is 2.97. The van der Waals surface area contributed by atoms with Gasteiger partial charge in [0.15, 0.2) is 5.65 Å². The molecule has 1 aliphatic rings. The molecule has 2 aromatic rings. The first kappa shape index (κ1) is 12.5. The first-order valence-electron chi connectivity index (χ1n) is 6.50. The van der Waals surface area contributed by atoms with E-state index in [1.165, 1.54) is 25.7 Å². The van der Waals surface area contributed by atoms with Gasteiger partial charge in [0.2, 0.25) is 0 Å². The van der Waals surface area contributed by atoms with E-state index in [0.29, 0.717) is 11.8 Å². The largest absolute Gasteiger partial charge is 0.291 e. The van der Waals surface area contributed by atoms with E-state index < -0.39 is 0 Å². The van der Waals surface area contributed by atoms with Crippen LogP contribution in [-0.2, 0) is 0 Å². The minimum Gasteiger partial charge on any atom is -0.291 e. The highest BCUT2D eigenvalue weighted by Gasteiger charge is 2.25. The standard InChI is InChI=1S/C14H16BrClN2/c1-9-4-2-3-5-10(9)12-8-13(16)18-7-6-11(15)14(18)17-12/h6-10H,2-5H2,1H3. The molecule has 18 heavy (non-hydrogen) atoms. The summed E-state index contributed by atoms with van der Waals surface area (Å²) in [5.41, 5.74) is 2.08. The maximum absolute atomic E-state index is 6.34. The topological polar surface area (TPSA) is 17.3 Å². The molecular formula is C14H16BrClN2. The average Bonchev–Trinajstić information content (AvgIpc) is 2.72. The van der Waals surface area contributed by atoms with Gasteiger partial charge in [-0.05, 0) is 40.4 Å². The highest BCUT2D eigenvalue weighted by Crippen LogP contribution is 2.38. The number of halogens is 2. The fourth-order valence-corrected chi connectivity index (χ4v) is 3.62. The minimum atomic E-state index is 0.558. The van der Waals surface area contributed by atoms with Gasteiger partial charge in [0.25, 0.3) is 0 Å². The number of rotatable bonds is 1. The van der Waals surface area contributed by atoms with E-state index in [0.717, 1.165) is 21.0 Å². The van der Waals surface area contributed by atoms with Crippen LogP contribution in [0.2, 0.25) is 5.15 Å². The minimum absolute atomic E-state index is 0.558. The molecule has 0 spiro atoms. The van der Waals surface area contributed by atoms with Crippen LogP contribution in [0.15, 0.2) is 22.8 Å². The summed E-state index contributed by atoms with van der Waals surface area (Å²) in [5.74, 6) is 1.27. The van der Waals surface area contributed by atoms with E-state index in [1.807, 2.05) is 22.7 Å². The number of hydrogen-bond acceptors (Lipinski definition) is 1. The van der Waals surface area contributed by atoms with Gasteiger partial charge in [-0.2, -0.15) is 0 Å². The molecule has 2 nitrogen and oxygen atoms in total. The van der Waals surface area contributed by atoms with Crippen LogP contribution in [0.4, 0.5) is 0 Å². The van der Waals surface area contributed by atoms with Crippen LogP contribution in [0.1, 0.15) is 44.2 Å². The van der Waals surface area contributed by atoms with Crippen molar-refractivity contribution in [3.8, 4) is 0 Å². The van der Waals surface area contributed by atoms with Crippen molar-refractivity contribution in [3.63, 3.8) is 0 Å². The Morgan fingerprint density at radius 3 is 2.94 bits per heavy atom. The summed E-state index contributed by atoms with van der Waals surface area (Å²) in [6.45, 7) is 2.33. The molecule has 4 heteroatoms. The molecule has 0 amide bonds. The van der Waals surface area contributed by atoms with Gasteiger partial charge < -0.3 is 0 Å². The first-order chi connectivity index (χ1) is 8.66. The van der Waals surface area contributed by atoms with Crippen molar-refractivity contribution in [2.75, 3.05) is 0 Å². The van der Waals surface area contributed by atoms with E-state index in [2.05, 4.69) is 22.9 Å². The zero-order valence-corrected chi connectivity index (χ0v) is 12.7. The molecule has 1 saturated carbocycles. The molecule has 1 fully saturated rings. The normalized spacial score (nSPS) is 24.6. The summed E-state index contributed by atoms with van der Waals surface area (Å²) < 4.78 is 2.93. The van der Waals surface area contributed by atoms with Gasteiger partial charge in [-0.15, -0.1) is 0 Å². The molecule has 3 rings (SSSR count). The Morgan fingerprint density at radius 2 is 2.17 bits per heavy atom. The Bertz CT molecular complexity index is 578. The van der Waals surface area contributed by atoms with Crippen molar-refractivity contribution in [2.45, 2.75) is 38.5 Å². The average molecular weight is 328 g/mol. The zero-order valence-electron chi connectivity index (χ0n) is 10.4. The van der Waals surface area contributed by atoms with Crippen molar-refractivity contribution in [1.82, 2.24) is 9.38 Å². The third-order valence-corrected chi connectivity index (χ3v) is 4.95. The molecule has 2 heterocycles. The van der Waals surface area contributed by atoms with Crippen LogP contribution in [0.5, 0.6) is 0 Å². The molecule has 1 aliphatic carbocycles. The van der Waals surface area contributed by atoms with E-state index >= 15 is 0 Å². The SMILES string of the molecule is CC1CCCCC1c1cc(Cl)n2ccc(Br)c2n1. The molecule has 2 atom stereocenters. The van der Waals surface area contributed by atoms with Gasteiger partial charge in [0, 0.05) is 17.8 Å². The summed E-state index contributed by atoms with van der Waals surface area (Å²) in [5, 5.41) is 0.749. The molecule has 2 aromatic heterocycles. The molecule has 0 aliphatic heterocycles. The van der Waals surface area contributed by atoms with Crippen molar-refractivity contribution >= 4 is 33.2 Å². The van der Waals surface area contributed by atoms with Crippen molar-refractivity contribution in [2.24, 2.45) is 5.92 Å². The first-order valence-corrected chi connectivity index (χ1v) is 7.67. The van der Waals surface area contributed by atoms with E-state index in [-0.39, 0.29) is 0 Å². The van der Waals surface area contributed by atoms with Crippen LogP contribution < -0.4 is 0 Å². The third kappa shape index (κ3) is 2.08. The lowest BCUT2D eigenvalue weighted by atomic mass is 9.78. The van der Waals surface area contributed by atoms with Gasteiger partial charge in [0.05, 0.1) is 4.47 Å². The summed E-state index contributed by atoms with van der Waals surface area (Å²) >= 11 is 9.88. The maximum Gasteiger partial charge on any atom is 0.152 e. The molecule has 0 N–H and O–H groups in total. The Balaban J connectivity index is 2.08. The molecule has 0 aromatic carbocycles. The third-order valence-electron chi connectivity index (χ3n) is 4.04.